The maximum atomic E-state index is 13.0. The van der Waals surface area contributed by atoms with Gasteiger partial charge in [-0.15, -0.1) is 0 Å². The first-order valence-corrected chi connectivity index (χ1v) is 8.59. The zero-order valence-corrected chi connectivity index (χ0v) is 14.7. The van der Waals surface area contributed by atoms with Crippen LogP contribution in [0.15, 0.2) is 59.0 Å². The monoisotopic (exact) mass is 364 g/mol. The zero-order valence-electron chi connectivity index (χ0n) is 14.7. The number of hydrogen-bond acceptors (Lipinski definition) is 3. The summed E-state index contributed by atoms with van der Waals surface area (Å²) in [5.74, 6) is -0.0335. The Morgan fingerprint density at radius 1 is 1.07 bits per heavy atom. The fraction of sp³-hybridized carbons (Fsp3) is 0.143. The van der Waals surface area contributed by atoms with E-state index in [1.54, 1.807) is 42.2 Å². The number of furan rings is 1. The molecule has 2 heterocycles. The molecule has 4 rings (SSSR count). The first-order chi connectivity index (χ1) is 13.0. The van der Waals surface area contributed by atoms with E-state index in [1.807, 2.05) is 12.1 Å². The van der Waals surface area contributed by atoms with Crippen LogP contribution in [0, 0.1) is 5.82 Å². The molecule has 0 saturated heterocycles. The lowest BCUT2D eigenvalue weighted by Crippen LogP contribution is -2.25. The van der Waals surface area contributed by atoms with Crippen LogP contribution in [0.4, 0.5) is 15.8 Å². The molecule has 0 spiro atoms. The Kier molecular flexibility index (Phi) is 4.24. The summed E-state index contributed by atoms with van der Waals surface area (Å²) in [6.07, 6.45) is 0.758. The van der Waals surface area contributed by atoms with Crippen LogP contribution in [-0.4, -0.2) is 18.4 Å². The van der Waals surface area contributed by atoms with E-state index in [1.165, 1.54) is 12.1 Å². The summed E-state index contributed by atoms with van der Waals surface area (Å²) in [5.41, 5.74) is 3.24. The average Bonchev–Trinajstić information content (AvgIpc) is 3.29. The van der Waals surface area contributed by atoms with Crippen LogP contribution >= 0.6 is 0 Å². The minimum absolute atomic E-state index is 0.00874. The summed E-state index contributed by atoms with van der Waals surface area (Å²) >= 11 is 0. The Hall–Kier alpha value is -3.41. The first kappa shape index (κ1) is 17.0. The molecule has 6 heteroatoms. The molecule has 0 aliphatic carbocycles. The highest BCUT2D eigenvalue weighted by molar-refractivity contribution is 6.03. The number of benzene rings is 2. The molecule has 0 unspecified atom stereocenters. The third kappa shape index (κ3) is 3.33. The van der Waals surface area contributed by atoms with Crippen LogP contribution in [-0.2, 0) is 11.2 Å². The van der Waals surface area contributed by atoms with Gasteiger partial charge in [0.1, 0.15) is 11.6 Å². The van der Waals surface area contributed by atoms with E-state index in [2.05, 4.69) is 5.32 Å². The molecule has 2 aromatic carbocycles. The number of nitrogens with zero attached hydrogens (tertiary/aromatic N) is 1. The van der Waals surface area contributed by atoms with Gasteiger partial charge in [-0.05, 0) is 66.6 Å². The Balaban J connectivity index is 1.50. The fourth-order valence-corrected chi connectivity index (χ4v) is 3.23. The number of rotatable bonds is 3. The number of carbonyl (C=O) groups is 2. The highest BCUT2D eigenvalue weighted by atomic mass is 19.1. The van der Waals surface area contributed by atoms with Crippen LogP contribution in [0.1, 0.15) is 23.0 Å². The molecule has 0 fully saturated rings. The molecule has 136 valence electrons. The van der Waals surface area contributed by atoms with Crippen LogP contribution in [0.3, 0.4) is 0 Å². The molecule has 0 radical (unpaired) electrons. The molecule has 1 aromatic heterocycles. The fourth-order valence-electron chi connectivity index (χ4n) is 3.23. The molecule has 0 atom stereocenters. The quantitative estimate of drug-likeness (QED) is 0.756. The Morgan fingerprint density at radius 2 is 1.85 bits per heavy atom. The second kappa shape index (κ2) is 6.72. The van der Waals surface area contributed by atoms with Gasteiger partial charge in [0.25, 0.3) is 5.91 Å². The van der Waals surface area contributed by atoms with Crippen molar-refractivity contribution in [3.8, 4) is 11.3 Å². The normalized spacial score (nSPS) is 12.7. The summed E-state index contributed by atoms with van der Waals surface area (Å²) in [5, 5.41) is 2.81. The first-order valence-electron chi connectivity index (χ1n) is 8.59. The lowest BCUT2D eigenvalue weighted by molar-refractivity contribution is -0.116. The van der Waals surface area contributed by atoms with Crippen LogP contribution < -0.4 is 10.2 Å². The predicted octanol–water partition coefficient (Wildman–Crippen LogP) is 4.25. The third-order valence-corrected chi connectivity index (χ3v) is 4.57. The average molecular weight is 364 g/mol. The zero-order chi connectivity index (χ0) is 19.0. The topological polar surface area (TPSA) is 62.6 Å². The number of anilines is 2. The van der Waals surface area contributed by atoms with Crippen molar-refractivity contribution in [2.75, 3.05) is 16.8 Å². The molecule has 2 amide bonds. The van der Waals surface area contributed by atoms with Gasteiger partial charge in [0.15, 0.2) is 5.76 Å². The number of carbonyl (C=O) groups excluding carboxylic acids is 2. The number of hydrogen-bond donors (Lipinski definition) is 1. The van der Waals surface area contributed by atoms with E-state index in [0.717, 1.165) is 17.7 Å². The van der Waals surface area contributed by atoms with Crippen molar-refractivity contribution in [1.29, 1.82) is 0 Å². The van der Waals surface area contributed by atoms with E-state index < -0.39 is 0 Å². The molecule has 1 N–H and O–H groups in total. The minimum Gasteiger partial charge on any atom is -0.451 e. The molecular weight excluding hydrogens is 347 g/mol. The number of fused-ring (bicyclic) bond motifs is 1. The Morgan fingerprint density at radius 3 is 2.59 bits per heavy atom. The summed E-state index contributed by atoms with van der Waals surface area (Å²) in [7, 11) is 0. The van der Waals surface area contributed by atoms with Crippen LogP contribution in [0.2, 0.25) is 0 Å². The molecule has 1 aliphatic heterocycles. The molecule has 3 aromatic rings. The van der Waals surface area contributed by atoms with Crippen molar-refractivity contribution < 1.29 is 18.4 Å². The number of halogens is 1. The second-order valence-electron chi connectivity index (χ2n) is 6.39. The lowest BCUT2D eigenvalue weighted by Gasteiger charge is -2.14. The van der Waals surface area contributed by atoms with E-state index in [4.69, 9.17) is 4.42 Å². The van der Waals surface area contributed by atoms with E-state index in [-0.39, 0.29) is 23.4 Å². The van der Waals surface area contributed by atoms with Crippen molar-refractivity contribution in [2.24, 2.45) is 0 Å². The second-order valence-corrected chi connectivity index (χ2v) is 6.39. The molecule has 27 heavy (non-hydrogen) atoms. The van der Waals surface area contributed by atoms with Crippen molar-refractivity contribution in [3.63, 3.8) is 0 Å². The minimum atomic E-state index is -0.371. The van der Waals surface area contributed by atoms with E-state index in [0.29, 0.717) is 23.6 Å². The van der Waals surface area contributed by atoms with Gasteiger partial charge in [-0.3, -0.25) is 9.59 Å². The largest absolute Gasteiger partial charge is 0.451 e. The summed E-state index contributed by atoms with van der Waals surface area (Å²) in [6, 6.07) is 14.6. The maximum Gasteiger partial charge on any atom is 0.291 e. The molecule has 0 bridgehead atoms. The summed E-state index contributed by atoms with van der Waals surface area (Å²) < 4.78 is 18.6. The number of amides is 2. The maximum absolute atomic E-state index is 13.0. The predicted molar refractivity (Wildman–Crippen MR) is 100 cm³/mol. The highest BCUT2D eigenvalue weighted by Gasteiger charge is 2.22. The highest BCUT2D eigenvalue weighted by Crippen LogP contribution is 2.31. The molecule has 0 saturated carbocycles. The SMILES string of the molecule is CC(=O)N1CCc2cc(NC(=O)c3ccc(-c4ccc(F)cc4)o3)ccc21. The lowest BCUT2D eigenvalue weighted by atomic mass is 10.1. The van der Waals surface area contributed by atoms with Gasteiger partial charge in [0.05, 0.1) is 0 Å². The molecule has 5 nitrogen and oxygen atoms in total. The third-order valence-electron chi connectivity index (χ3n) is 4.57. The van der Waals surface area contributed by atoms with Crippen molar-refractivity contribution in [1.82, 2.24) is 0 Å². The molecule has 1 aliphatic rings. The van der Waals surface area contributed by atoms with E-state index >= 15 is 0 Å². The van der Waals surface area contributed by atoms with Gasteiger partial charge < -0.3 is 14.6 Å². The van der Waals surface area contributed by atoms with Crippen LogP contribution in [0.5, 0.6) is 0 Å². The van der Waals surface area contributed by atoms with Crippen molar-refractivity contribution in [3.05, 3.63) is 71.7 Å². The molecular formula is C21H17FN2O3. The number of nitrogens with one attached hydrogen (secondary N) is 1. The smallest absolute Gasteiger partial charge is 0.291 e. The van der Waals surface area contributed by atoms with Gasteiger partial charge in [-0.1, -0.05) is 0 Å². The summed E-state index contributed by atoms with van der Waals surface area (Å²) in [4.78, 5) is 25.8. The Labute approximate surface area is 155 Å². The van der Waals surface area contributed by atoms with Gasteiger partial charge in [0.2, 0.25) is 5.91 Å². The van der Waals surface area contributed by atoms with Crippen molar-refractivity contribution >= 4 is 23.2 Å². The van der Waals surface area contributed by atoms with Gasteiger partial charge in [-0.2, -0.15) is 0 Å². The van der Waals surface area contributed by atoms with E-state index in [9.17, 15) is 14.0 Å². The van der Waals surface area contributed by atoms with Gasteiger partial charge in [-0.25, -0.2) is 4.39 Å². The van der Waals surface area contributed by atoms with Gasteiger partial charge >= 0.3 is 0 Å². The standard InChI is InChI=1S/C21H17FN2O3/c1-13(25)24-11-10-15-12-17(6-7-18(15)24)23-21(26)20-9-8-19(27-20)14-2-4-16(22)5-3-14/h2-9,12H,10-11H2,1H3,(H,23,26). The van der Waals surface area contributed by atoms with Crippen molar-refractivity contribution in [2.45, 2.75) is 13.3 Å². The van der Waals surface area contributed by atoms with Gasteiger partial charge in [0, 0.05) is 30.4 Å². The Bertz CT molecular complexity index is 1020. The van der Waals surface area contributed by atoms with Crippen LogP contribution in [0.25, 0.3) is 11.3 Å². The summed E-state index contributed by atoms with van der Waals surface area (Å²) in [6.45, 7) is 2.20.